The second kappa shape index (κ2) is 8.10. The third-order valence-electron chi connectivity index (χ3n) is 2.89. The molecule has 0 aromatic heterocycles. The van der Waals surface area contributed by atoms with Crippen LogP contribution in [0, 0.1) is 0 Å². The fourth-order valence-corrected chi connectivity index (χ4v) is 2.04. The number of amides is 1. The summed E-state index contributed by atoms with van der Waals surface area (Å²) in [7, 11) is 0. The average Bonchev–Trinajstić information content (AvgIpc) is 2.42. The van der Waals surface area contributed by atoms with Gasteiger partial charge in [-0.3, -0.25) is 4.79 Å². The summed E-state index contributed by atoms with van der Waals surface area (Å²) < 4.78 is 0. The van der Waals surface area contributed by atoms with Crippen molar-refractivity contribution in [1.82, 2.24) is 5.32 Å². The Balaban J connectivity index is 2.65. The first-order valence-electron chi connectivity index (χ1n) is 6.60. The van der Waals surface area contributed by atoms with Crippen molar-refractivity contribution in [3.8, 4) is 0 Å². The van der Waals surface area contributed by atoms with Gasteiger partial charge in [0.15, 0.2) is 0 Å². The molecule has 0 bridgehead atoms. The molecule has 0 spiro atoms. The van der Waals surface area contributed by atoms with Gasteiger partial charge in [-0.15, -0.1) is 0 Å². The third kappa shape index (κ3) is 5.44. The Kier molecular flexibility index (Phi) is 6.78. The van der Waals surface area contributed by atoms with Crippen LogP contribution in [0.25, 0.3) is 0 Å². The van der Waals surface area contributed by atoms with Gasteiger partial charge in [0.1, 0.15) is 12.1 Å². The molecule has 3 N–H and O–H groups in total. The fourth-order valence-electron chi connectivity index (χ4n) is 1.74. The molecule has 2 unspecified atom stereocenters. The number of carbonyl (C=O) groups is 2. The van der Waals surface area contributed by atoms with Crippen LogP contribution < -0.4 is 10.6 Å². The summed E-state index contributed by atoms with van der Waals surface area (Å²) in [6.07, 6.45) is 1.06. The van der Waals surface area contributed by atoms with Gasteiger partial charge in [0.2, 0.25) is 5.91 Å². The second-order valence-electron chi connectivity index (χ2n) is 4.68. The zero-order chi connectivity index (χ0) is 16.0. The fraction of sp³-hybridized carbons (Fsp3) is 0.429. The number of carbonyl (C=O) groups excluding carboxylic acids is 1. The van der Waals surface area contributed by atoms with Crippen LogP contribution in [0.5, 0.6) is 0 Å². The van der Waals surface area contributed by atoms with E-state index in [1.165, 1.54) is 0 Å². The van der Waals surface area contributed by atoms with Gasteiger partial charge in [-0.05, 0) is 31.5 Å². The van der Waals surface area contributed by atoms with Crippen LogP contribution in [-0.4, -0.2) is 29.1 Å². The SMILES string of the molecule is CCCC(NC(=O)C(C)Nc1ccc(Cl)c(Cl)c1)C(=O)O. The summed E-state index contributed by atoms with van der Waals surface area (Å²) in [5.41, 5.74) is 0.634. The highest BCUT2D eigenvalue weighted by Gasteiger charge is 2.22. The molecule has 5 nitrogen and oxygen atoms in total. The molecule has 0 fully saturated rings. The minimum atomic E-state index is -1.04. The van der Waals surface area contributed by atoms with E-state index in [4.69, 9.17) is 28.3 Å². The third-order valence-corrected chi connectivity index (χ3v) is 3.63. The molecule has 1 rings (SSSR count). The van der Waals surface area contributed by atoms with Gasteiger partial charge in [-0.1, -0.05) is 36.5 Å². The molecule has 7 heteroatoms. The first kappa shape index (κ1) is 17.6. The molecular weight excluding hydrogens is 315 g/mol. The van der Waals surface area contributed by atoms with Crippen LogP contribution in [-0.2, 0) is 9.59 Å². The Labute approximate surface area is 133 Å². The van der Waals surface area contributed by atoms with Gasteiger partial charge in [-0.25, -0.2) is 4.79 Å². The second-order valence-corrected chi connectivity index (χ2v) is 5.50. The van der Waals surface area contributed by atoms with Crippen molar-refractivity contribution in [2.24, 2.45) is 0 Å². The van der Waals surface area contributed by atoms with Gasteiger partial charge in [0, 0.05) is 5.69 Å². The predicted octanol–water partition coefficient (Wildman–Crippen LogP) is 3.16. The molecule has 0 aliphatic heterocycles. The summed E-state index contributed by atoms with van der Waals surface area (Å²) in [6.45, 7) is 3.50. The number of aliphatic carboxylic acids is 1. The summed E-state index contributed by atoms with van der Waals surface area (Å²) >= 11 is 11.7. The van der Waals surface area contributed by atoms with Crippen molar-refractivity contribution in [2.75, 3.05) is 5.32 Å². The molecule has 1 aromatic rings. The number of hydrogen-bond donors (Lipinski definition) is 3. The first-order chi connectivity index (χ1) is 9.85. The average molecular weight is 333 g/mol. The van der Waals surface area contributed by atoms with Crippen molar-refractivity contribution in [3.05, 3.63) is 28.2 Å². The standard InChI is InChI=1S/C14H18Cl2N2O3/c1-3-4-12(14(20)21)18-13(19)8(2)17-9-5-6-10(15)11(16)7-9/h5-8,12,17H,3-4H2,1-2H3,(H,18,19)(H,20,21). The molecular formula is C14H18Cl2N2O3. The quantitative estimate of drug-likeness (QED) is 0.716. The van der Waals surface area contributed by atoms with E-state index in [2.05, 4.69) is 10.6 Å². The van der Waals surface area contributed by atoms with Crippen molar-refractivity contribution < 1.29 is 14.7 Å². The maximum atomic E-state index is 12.0. The lowest BCUT2D eigenvalue weighted by Gasteiger charge is -2.19. The van der Waals surface area contributed by atoms with Crippen molar-refractivity contribution in [1.29, 1.82) is 0 Å². The zero-order valence-corrected chi connectivity index (χ0v) is 13.3. The van der Waals surface area contributed by atoms with Crippen LogP contribution in [0.1, 0.15) is 26.7 Å². The van der Waals surface area contributed by atoms with E-state index >= 15 is 0 Å². The highest BCUT2D eigenvalue weighted by Crippen LogP contribution is 2.25. The molecule has 0 saturated heterocycles. The topological polar surface area (TPSA) is 78.4 Å². The molecule has 1 amide bonds. The molecule has 2 atom stereocenters. The Morgan fingerprint density at radius 3 is 2.48 bits per heavy atom. The van der Waals surface area contributed by atoms with Crippen LogP contribution >= 0.6 is 23.2 Å². The first-order valence-corrected chi connectivity index (χ1v) is 7.35. The van der Waals surface area contributed by atoms with Crippen molar-refractivity contribution in [3.63, 3.8) is 0 Å². The summed E-state index contributed by atoms with van der Waals surface area (Å²) in [4.78, 5) is 23.0. The van der Waals surface area contributed by atoms with E-state index in [-0.39, 0.29) is 5.91 Å². The molecule has 0 aliphatic rings. The normalized spacial score (nSPS) is 13.3. The van der Waals surface area contributed by atoms with Crippen LogP contribution in [0.2, 0.25) is 10.0 Å². The molecule has 0 saturated carbocycles. The zero-order valence-electron chi connectivity index (χ0n) is 11.8. The lowest BCUT2D eigenvalue weighted by atomic mass is 10.1. The van der Waals surface area contributed by atoms with E-state index in [1.54, 1.807) is 25.1 Å². The lowest BCUT2D eigenvalue weighted by molar-refractivity contribution is -0.142. The number of halogens is 2. The monoisotopic (exact) mass is 332 g/mol. The summed E-state index contributed by atoms with van der Waals surface area (Å²) in [5.74, 6) is -1.42. The smallest absolute Gasteiger partial charge is 0.326 e. The number of rotatable bonds is 7. The molecule has 0 aliphatic carbocycles. The van der Waals surface area contributed by atoms with Gasteiger partial charge < -0.3 is 15.7 Å². The minimum absolute atomic E-state index is 0.378. The maximum absolute atomic E-state index is 12.0. The maximum Gasteiger partial charge on any atom is 0.326 e. The van der Waals surface area contributed by atoms with Gasteiger partial charge in [0.25, 0.3) is 0 Å². The van der Waals surface area contributed by atoms with Gasteiger partial charge in [0.05, 0.1) is 10.0 Å². The van der Waals surface area contributed by atoms with E-state index in [1.807, 2.05) is 6.92 Å². The largest absolute Gasteiger partial charge is 0.480 e. The van der Waals surface area contributed by atoms with Crippen LogP contribution in [0.3, 0.4) is 0 Å². The number of benzene rings is 1. The Morgan fingerprint density at radius 2 is 1.95 bits per heavy atom. The molecule has 0 heterocycles. The molecule has 21 heavy (non-hydrogen) atoms. The summed E-state index contributed by atoms with van der Waals surface area (Å²) in [5, 5.41) is 15.3. The van der Waals surface area contributed by atoms with Gasteiger partial charge in [-0.2, -0.15) is 0 Å². The van der Waals surface area contributed by atoms with Crippen molar-refractivity contribution in [2.45, 2.75) is 38.8 Å². The highest BCUT2D eigenvalue weighted by atomic mass is 35.5. The molecule has 116 valence electrons. The van der Waals surface area contributed by atoms with E-state index in [0.717, 1.165) is 0 Å². The van der Waals surface area contributed by atoms with E-state index in [0.29, 0.717) is 28.6 Å². The number of hydrogen-bond acceptors (Lipinski definition) is 3. The van der Waals surface area contributed by atoms with Crippen molar-refractivity contribution >= 4 is 40.8 Å². The van der Waals surface area contributed by atoms with E-state index in [9.17, 15) is 9.59 Å². The molecule has 0 radical (unpaired) electrons. The van der Waals surface area contributed by atoms with Gasteiger partial charge >= 0.3 is 5.97 Å². The number of nitrogens with one attached hydrogen (secondary N) is 2. The number of anilines is 1. The Hall–Kier alpha value is -1.46. The lowest BCUT2D eigenvalue weighted by Crippen LogP contribution is -2.46. The predicted molar refractivity (Wildman–Crippen MR) is 84.0 cm³/mol. The highest BCUT2D eigenvalue weighted by molar-refractivity contribution is 6.42. The number of carboxylic acids is 1. The molecule has 1 aromatic carbocycles. The number of carboxylic acid groups (broad SMARTS) is 1. The van der Waals surface area contributed by atoms with E-state index < -0.39 is 18.1 Å². The Morgan fingerprint density at radius 1 is 1.29 bits per heavy atom. The Bertz CT molecular complexity index is 523. The minimum Gasteiger partial charge on any atom is -0.480 e. The van der Waals surface area contributed by atoms with Crippen LogP contribution in [0.15, 0.2) is 18.2 Å². The van der Waals surface area contributed by atoms with Crippen LogP contribution in [0.4, 0.5) is 5.69 Å². The summed E-state index contributed by atoms with van der Waals surface area (Å²) in [6, 6.07) is 3.45.